The summed E-state index contributed by atoms with van der Waals surface area (Å²) in [7, 11) is 0. The van der Waals surface area contributed by atoms with Crippen LogP contribution in [-0.2, 0) is 13.2 Å². The molecule has 4 aromatic carbocycles. The number of ether oxygens (including phenoxy) is 3. The van der Waals surface area contributed by atoms with Crippen molar-refractivity contribution in [1.29, 1.82) is 0 Å². The van der Waals surface area contributed by atoms with Crippen LogP contribution in [0.15, 0.2) is 109 Å². The molecular formula is C30H24O4. The van der Waals surface area contributed by atoms with Crippen LogP contribution in [0.2, 0.25) is 0 Å². The first-order valence-corrected chi connectivity index (χ1v) is 11.2. The molecular weight excluding hydrogens is 424 g/mol. The second-order valence-electron chi connectivity index (χ2n) is 8.04. The van der Waals surface area contributed by atoms with Gasteiger partial charge in [-0.15, -0.1) is 0 Å². The molecule has 0 aromatic heterocycles. The first kappa shape index (κ1) is 21.5. The molecule has 0 N–H and O–H groups in total. The van der Waals surface area contributed by atoms with Gasteiger partial charge in [0.1, 0.15) is 25.6 Å². The van der Waals surface area contributed by atoms with Crippen LogP contribution < -0.4 is 14.2 Å². The van der Waals surface area contributed by atoms with Crippen LogP contribution in [0.1, 0.15) is 27.0 Å². The van der Waals surface area contributed by atoms with Crippen LogP contribution >= 0.6 is 0 Å². The molecule has 4 nitrogen and oxygen atoms in total. The molecule has 0 radical (unpaired) electrons. The van der Waals surface area contributed by atoms with Crippen LogP contribution in [-0.4, -0.2) is 12.4 Å². The number of carbonyl (C=O) groups excluding carboxylic acids is 1. The van der Waals surface area contributed by atoms with E-state index in [2.05, 4.69) is 0 Å². The summed E-state index contributed by atoms with van der Waals surface area (Å²) in [6.45, 7) is 1.09. The minimum atomic E-state index is -0.0157. The first-order chi connectivity index (χ1) is 16.8. The first-order valence-electron chi connectivity index (χ1n) is 11.2. The molecule has 0 aliphatic carbocycles. The Hall–Kier alpha value is -4.31. The fraction of sp³-hybridized carbons (Fsp3) is 0.100. The number of hydrogen-bond acceptors (Lipinski definition) is 4. The van der Waals surface area contributed by atoms with Crippen molar-refractivity contribution in [2.45, 2.75) is 13.2 Å². The SMILES string of the molecule is O=C1/C(=C/c2ccc(OCc3ccccc3)c(OCc3ccccc3)c2)COc2ccccc21. The molecule has 0 saturated heterocycles. The minimum absolute atomic E-state index is 0.0157. The van der Waals surface area contributed by atoms with Gasteiger partial charge in [0, 0.05) is 5.57 Å². The maximum Gasteiger partial charge on any atom is 0.196 e. The lowest BCUT2D eigenvalue weighted by molar-refractivity contribution is 0.100. The van der Waals surface area contributed by atoms with Gasteiger partial charge in [-0.2, -0.15) is 0 Å². The summed E-state index contributed by atoms with van der Waals surface area (Å²) in [6.07, 6.45) is 1.86. The third-order valence-corrected chi connectivity index (χ3v) is 5.59. The standard InChI is InChI=1S/C30H24O4/c31-30-25(21-34-27-14-8-7-13-26(27)30)17-24-15-16-28(32-19-22-9-3-1-4-10-22)29(18-24)33-20-23-11-5-2-6-12-23/h1-18H,19-21H2/b25-17+. The Morgan fingerprint density at radius 3 is 2.03 bits per heavy atom. The summed E-state index contributed by atoms with van der Waals surface area (Å²) in [4.78, 5) is 12.9. The number of Topliss-reactive ketones (excluding diaryl/α,β-unsaturated/α-hetero) is 1. The highest BCUT2D eigenvalue weighted by Crippen LogP contribution is 2.32. The van der Waals surface area contributed by atoms with Crippen molar-refractivity contribution >= 4 is 11.9 Å². The quantitative estimate of drug-likeness (QED) is 0.303. The Kier molecular flexibility index (Phi) is 6.39. The lowest BCUT2D eigenvalue weighted by Gasteiger charge is -2.19. The summed E-state index contributed by atoms with van der Waals surface area (Å²) in [6, 6.07) is 33.0. The van der Waals surface area contributed by atoms with Gasteiger partial charge >= 0.3 is 0 Å². The number of hydrogen-bond donors (Lipinski definition) is 0. The van der Waals surface area contributed by atoms with E-state index in [-0.39, 0.29) is 12.4 Å². The van der Waals surface area contributed by atoms with Gasteiger partial charge in [0.05, 0.1) is 5.56 Å². The molecule has 5 rings (SSSR count). The van der Waals surface area contributed by atoms with Crippen LogP contribution in [0.3, 0.4) is 0 Å². The second-order valence-corrected chi connectivity index (χ2v) is 8.04. The number of rotatable bonds is 7. The van der Waals surface area contributed by atoms with Gasteiger partial charge in [-0.1, -0.05) is 78.9 Å². The van der Waals surface area contributed by atoms with Gasteiger partial charge in [-0.3, -0.25) is 4.79 Å². The van der Waals surface area contributed by atoms with Crippen molar-refractivity contribution in [3.8, 4) is 17.2 Å². The monoisotopic (exact) mass is 448 g/mol. The van der Waals surface area contributed by atoms with E-state index in [0.717, 1.165) is 16.7 Å². The Bertz CT molecular complexity index is 1310. The highest BCUT2D eigenvalue weighted by molar-refractivity contribution is 6.14. The van der Waals surface area contributed by atoms with E-state index in [4.69, 9.17) is 14.2 Å². The molecule has 1 aliphatic rings. The zero-order chi connectivity index (χ0) is 23.2. The maximum absolute atomic E-state index is 12.9. The molecule has 0 unspecified atom stereocenters. The number of para-hydroxylation sites is 1. The van der Waals surface area contributed by atoms with Gasteiger partial charge in [0.2, 0.25) is 0 Å². The van der Waals surface area contributed by atoms with Crippen LogP contribution in [0.25, 0.3) is 6.08 Å². The molecule has 1 heterocycles. The summed E-state index contributed by atoms with van der Waals surface area (Å²) in [5.41, 5.74) is 4.18. The molecule has 4 heteroatoms. The summed E-state index contributed by atoms with van der Waals surface area (Å²) in [5.74, 6) is 1.89. The third kappa shape index (κ3) is 5.02. The molecule has 1 aliphatic heterocycles. The highest BCUT2D eigenvalue weighted by atomic mass is 16.5. The second kappa shape index (κ2) is 10.1. The van der Waals surface area contributed by atoms with E-state index in [1.54, 1.807) is 6.07 Å². The number of carbonyl (C=O) groups is 1. The number of fused-ring (bicyclic) bond motifs is 1. The lowest BCUT2D eigenvalue weighted by Crippen LogP contribution is -2.18. The van der Waals surface area contributed by atoms with E-state index >= 15 is 0 Å². The summed E-state index contributed by atoms with van der Waals surface area (Å²) < 4.78 is 18.0. The number of benzene rings is 4. The molecule has 0 spiro atoms. The fourth-order valence-corrected chi connectivity index (χ4v) is 3.80. The van der Waals surface area contributed by atoms with E-state index in [9.17, 15) is 4.79 Å². The minimum Gasteiger partial charge on any atom is -0.488 e. The fourth-order valence-electron chi connectivity index (χ4n) is 3.80. The Morgan fingerprint density at radius 2 is 1.32 bits per heavy atom. The summed E-state index contributed by atoms with van der Waals surface area (Å²) >= 11 is 0. The third-order valence-electron chi connectivity index (χ3n) is 5.59. The molecule has 0 bridgehead atoms. The van der Waals surface area contributed by atoms with Crippen molar-refractivity contribution < 1.29 is 19.0 Å². The van der Waals surface area contributed by atoms with E-state index in [0.29, 0.717) is 41.6 Å². The smallest absolute Gasteiger partial charge is 0.196 e. The largest absolute Gasteiger partial charge is 0.488 e. The van der Waals surface area contributed by atoms with Crippen molar-refractivity contribution in [1.82, 2.24) is 0 Å². The predicted molar refractivity (Wildman–Crippen MR) is 132 cm³/mol. The van der Waals surface area contributed by atoms with Crippen molar-refractivity contribution in [2.75, 3.05) is 6.61 Å². The van der Waals surface area contributed by atoms with Crippen molar-refractivity contribution in [2.24, 2.45) is 0 Å². The van der Waals surface area contributed by atoms with E-state index in [1.807, 2.05) is 103 Å². The molecule has 0 amide bonds. The predicted octanol–water partition coefficient (Wildman–Crippen LogP) is 6.50. The molecule has 0 atom stereocenters. The van der Waals surface area contributed by atoms with E-state index < -0.39 is 0 Å². The molecule has 168 valence electrons. The summed E-state index contributed by atoms with van der Waals surface area (Å²) in [5, 5.41) is 0. The molecule has 0 saturated carbocycles. The lowest BCUT2D eigenvalue weighted by atomic mass is 9.98. The van der Waals surface area contributed by atoms with Crippen molar-refractivity contribution in [3.05, 3.63) is 131 Å². The zero-order valence-electron chi connectivity index (χ0n) is 18.6. The van der Waals surface area contributed by atoms with Gasteiger partial charge in [0.15, 0.2) is 17.3 Å². The average Bonchev–Trinajstić information content (AvgIpc) is 2.90. The average molecular weight is 449 g/mol. The Morgan fingerprint density at radius 1 is 0.706 bits per heavy atom. The van der Waals surface area contributed by atoms with Crippen molar-refractivity contribution in [3.63, 3.8) is 0 Å². The van der Waals surface area contributed by atoms with Gasteiger partial charge in [-0.05, 0) is 47.0 Å². The van der Waals surface area contributed by atoms with Crippen LogP contribution in [0, 0.1) is 0 Å². The van der Waals surface area contributed by atoms with Gasteiger partial charge in [0.25, 0.3) is 0 Å². The highest BCUT2D eigenvalue weighted by Gasteiger charge is 2.22. The normalized spacial score (nSPS) is 13.8. The number of ketones is 1. The Labute approximate surface area is 199 Å². The van der Waals surface area contributed by atoms with E-state index in [1.165, 1.54) is 0 Å². The Balaban J connectivity index is 1.40. The molecule has 4 aromatic rings. The molecule has 0 fully saturated rings. The van der Waals surface area contributed by atoms with Crippen LogP contribution in [0.5, 0.6) is 17.2 Å². The zero-order valence-corrected chi connectivity index (χ0v) is 18.6. The van der Waals surface area contributed by atoms with Crippen LogP contribution in [0.4, 0.5) is 0 Å². The van der Waals surface area contributed by atoms with Gasteiger partial charge < -0.3 is 14.2 Å². The topological polar surface area (TPSA) is 44.8 Å². The maximum atomic E-state index is 12.9. The molecule has 34 heavy (non-hydrogen) atoms. The van der Waals surface area contributed by atoms with Gasteiger partial charge in [-0.25, -0.2) is 0 Å².